The smallest absolute Gasteiger partial charge is 0.265 e. The summed E-state index contributed by atoms with van der Waals surface area (Å²) in [5.41, 5.74) is 0.0986. The van der Waals surface area contributed by atoms with Crippen LogP contribution in [-0.2, 0) is 4.79 Å². The van der Waals surface area contributed by atoms with Crippen LogP contribution >= 0.6 is 0 Å². The van der Waals surface area contributed by atoms with E-state index in [1.165, 1.54) is 12.3 Å². The van der Waals surface area contributed by atoms with E-state index in [2.05, 4.69) is 4.98 Å². The van der Waals surface area contributed by atoms with Crippen LogP contribution < -0.4 is 0 Å². The minimum absolute atomic E-state index is 0.240. The number of carbonyl (C=O) groups excluding carboxylic acids is 1. The van der Waals surface area contributed by atoms with Crippen molar-refractivity contribution in [3.8, 4) is 0 Å². The molecular weight excluding hydrogens is 242 g/mol. The first-order valence-electron chi connectivity index (χ1n) is 4.87. The van der Waals surface area contributed by atoms with E-state index in [-0.39, 0.29) is 5.57 Å². The topological polar surface area (TPSA) is 116 Å². The quantitative estimate of drug-likeness (QED) is 0.415. The lowest BCUT2D eigenvalue weighted by Crippen LogP contribution is -2.20. The third-order valence-electron chi connectivity index (χ3n) is 1.94. The second-order valence-electron chi connectivity index (χ2n) is 3.33. The lowest BCUT2D eigenvalue weighted by molar-refractivity contribution is -0.474. The molecule has 0 fully saturated rings. The zero-order chi connectivity index (χ0) is 13.5. The highest BCUT2D eigenvalue weighted by Crippen LogP contribution is 2.06. The fourth-order valence-corrected chi connectivity index (χ4v) is 1.21. The molecule has 0 bridgehead atoms. The molecule has 0 spiro atoms. The predicted molar refractivity (Wildman–Crippen MR) is 60.9 cm³/mol. The highest BCUT2D eigenvalue weighted by Gasteiger charge is 2.20. The maximum atomic E-state index is 11.5. The van der Waals surface area contributed by atoms with Crippen molar-refractivity contribution in [2.24, 2.45) is 0 Å². The molecule has 0 N–H and O–H groups in total. The molecule has 1 aromatic heterocycles. The molecule has 0 aliphatic rings. The van der Waals surface area contributed by atoms with E-state index >= 15 is 0 Å². The summed E-state index contributed by atoms with van der Waals surface area (Å²) in [4.78, 5) is 34.4. The molecule has 1 aromatic rings. The molecule has 0 aliphatic carbocycles. The van der Waals surface area contributed by atoms with Gasteiger partial charge in [0, 0.05) is 16.0 Å². The number of pyridine rings is 1. The van der Waals surface area contributed by atoms with Crippen molar-refractivity contribution in [1.29, 1.82) is 0 Å². The van der Waals surface area contributed by atoms with Gasteiger partial charge < -0.3 is 0 Å². The van der Waals surface area contributed by atoms with E-state index in [9.17, 15) is 25.0 Å². The molecule has 8 nitrogen and oxygen atoms in total. The Morgan fingerprint density at radius 1 is 1.22 bits per heavy atom. The van der Waals surface area contributed by atoms with Gasteiger partial charge in [0.25, 0.3) is 6.54 Å². The van der Waals surface area contributed by atoms with Gasteiger partial charge >= 0.3 is 0 Å². The molecule has 0 aromatic carbocycles. The molecule has 0 unspecified atom stereocenters. The normalized spacial score (nSPS) is 11.0. The van der Waals surface area contributed by atoms with E-state index in [1.54, 1.807) is 18.2 Å². The summed E-state index contributed by atoms with van der Waals surface area (Å²) < 4.78 is 0. The van der Waals surface area contributed by atoms with Crippen molar-refractivity contribution in [3.63, 3.8) is 0 Å². The van der Waals surface area contributed by atoms with Gasteiger partial charge in [0.2, 0.25) is 12.3 Å². The van der Waals surface area contributed by atoms with E-state index < -0.39 is 28.7 Å². The molecule has 0 atom stereocenters. The number of nitro groups is 2. The molecule has 0 amide bonds. The number of carbonyl (C=O) groups is 1. The summed E-state index contributed by atoms with van der Waals surface area (Å²) >= 11 is 0. The number of rotatable bonds is 6. The van der Waals surface area contributed by atoms with Crippen LogP contribution in [-0.4, -0.2) is 33.7 Å². The Hall–Kier alpha value is -2.64. The maximum absolute atomic E-state index is 11.5. The molecule has 0 saturated heterocycles. The standard InChI is InChI=1S/C10H9N3O5/c14-10(7-13(17)18)8(6-12(15)16)5-9-3-1-2-4-11-9/h1-5H,6-7H2. The van der Waals surface area contributed by atoms with E-state index in [0.717, 1.165) is 0 Å². The first-order chi connectivity index (χ1) is 8.49. The molecule has 1 heterocycles. The van der Waals surface area contributed by atoms with Gasteiger partial charge in [-0.05, 0) is 18.2 Å². The molecule has 18 heavy (non-hydrogen) atoms. The van der Waals surface area contributed by atoms with Crippen molar-refractivity contribution < 1.29 is 14.6 Å². The van der Waals surface area contributed by atoms with E-state index in [0.29, 0.717) is 5.69 Å². The van der Waals surface area contributed by atoms with Crippen LogP contribution in [0.4, 0.5) is 0 Å². The number of hydrogen-bond acceptors (Lipinski definition) is 6. The van der Waals surface area contributed by atoms with E-state index in [4.69, 9.17) is 0 Å². The Balaban J connectivity index is 2.98. The van der Waals surface area contributed by atoms with Crippen molar-refractivity contribution in [2.75, 3.05) is 13.1 Å². The monoisotopic (exact) mass is 251 g/mol. The predicted octanol–water partition coefficient (Wildman–Crippen LogP) is 0.587. The van der Waals surface area contributed by atoms with E-state index in [1.807, 2.05) is 0 Å². The minimum Gasteiger partial charge on any atom is -0.287 e. The third kappa shape index (κ3) is 4.47. The Bertz CT molecular complexity index is 497. The summed E-state index contributed by atoms with van der Waals surface area (Å²) in [6, 6.07) is 4.82. The summed E-state index contributed by atoms with van der Waals surface area (Å²) in [5, 5.41) is 20.6. The first kappa shape index (κ1) is 13.4. The number of hydrogen-bond donors (Lipinski definition) is 0. The molecule has 0 aliphatic heterocycles. The van der Waals surface area contributed by atoms with Crippen LogP contribution in [0.3, 0.4) is 0 Å². The highest BCUT2D eigenvalue weighted by molar-refractivity contribution is 6.00. The zero-order valence-corrected chi connectivity index (χ0v) is 9.18. The molecular formula is C10H9N3O5. The SMILES string of the molecule is O=C(C[N+](=O)[O-])C(=Cc1ccccn1)C[N+](=O)[O-]. The van der Waals surface area contributed by atoms with Gasteiger partial charge in [-0.15, -0.1) is 0 Å². The van der Waals surface area contributed by atoms with Gasteiger partial charge in [0.15, 0.2) is 0 Å². The summed E-state index contributed by atoms with van der Waals surface area (Å²) in [5.74, 6) is -0.887. The van der Waals surface area contributed by atoms with Gasteiger partial charge in [0.1, 0.15) is 0 Å². The molecule has 1 rings (SSSR count). The van der Waals surface area contributed by atoms with Crippen molar-refractivity contribution in [3.05, 3.63) is 55.9 Å². The van der Waals surface area contributed by atoms with Crippen LogP contribution in [0.2, 0.25) is 0 Å². The van der Waals surface area contributed by atoms with Crippen molar-refractivity contribution in [2.45, 2.75) is 0 Å². The Kier molecular flexibility index (Phi) is 4.61. The molecule has 94 valence electrons. The Morgan fingerprint density at radius 3 is 2.39 bits per heavy atom. The zero-order valence-electron chi connectivity index (χ0n) is 9.18. The van der Waals surface area contributed by atoms with Crippen LogP contribution in [0.15, 0.2) is 30.0 Å². The lowest BCUT2D eigenvalue weighted by atomic mass is 10.1. The highest BCUT2D eigenvalue weighted by atomic mass is 16.6. The largest absolute Gasteiger partial charge is 0.287 e. The van der Waals surface area contributed by atoms with Gasteiger partial charge in [-0.25, -0.2) is 0 Å². The van der Waals surface area contributed by atoms with Crippen molar-refractivity contribution >= 4 is 11.9 Å². The number of nitrogens with zero attached hydrogens (tertiary/aromatic N) is 3. The van der Waals surface area contributed by atoms with Crippen LogP contribution in [0.5, 0.6) is 0 Å². The molecule has 8 heteroatoms. The Labute approximate surface area is 101 Å². The fourth-order valence-electron chi connectivity index (χ4n) is 1.21. The maximum Gasteiger partial charge on any atom is 0.265 e. The second-order valence-corrected chi connectivity index (χ2v) is 3.33. The van der Waals surface area contributed by atoms with Gasteiger partial charge in [-0.2, -0.15) is 0 Å². The number of Topliss-reactive ketones (excluding diaryl/α,β-unsaturated/α-hetero) is 1. The van der Waals surface area contributed by atoms with Gasteiger partial charge in [-0.1, -0.05) is 6.07 Å². The number of ketones is 1. The average Bonchev–Trinajstić information content (AvgIpc) is 2.28. The minimum atomic E-state index is -0.966. The van der Waals surface area contributed by atoms with Gasteiger partial charge in [0.05, 0.1) is 11.3 Å². The Morgan fingerprint density at radius 2 is 1.89 bits per heavy atom. The molecule has 0 saturated carbocycles. The van der Waals surface area contributed by atoms with Crippen LogP contribution in [0.25, 0.3) is 6.08 Å². The first-order valence-corrected chi connectivity index (χ1v) is 4.87. The van der Waals surface area contributed by atoms with Crippen molar-refractivity contribution in [1.82, 2.24) is 4.98 Å². The lowest BCUT2D eigenvalue weighted by Gasteiger charge is -1.99. The molecule has 0 radical (unpaired) electrons. The average molecular weight is 251 g/mol. The number of aromatic nitrogens is 1. The van der Waals surface area contributed by atoms with Crippen LogP contribution in [0, 0.1) is 20.2 Å². The fraction of sp³-hybridized carbons (Fsp3) is 0.200. The van der Waals surface area contributed by atoms with Gasteiger partial charge in [-0.3, -0.25) is 30.0 Å². The second kappa shape index (κ2) is 6.18. The van der Waals surface area contributed by atoms with Crippen LogP contribution in [0.1, 0.15) is 5.69 Å². The summed E-state index contributed by atoms with van der Waals surface area (Å²) in [7, 11) is 0. The summed E-state index contributed by atoms with van der Waals surface area (Å²) in [6.45, 7) is -1.73. The third-order valence-corrected chi connectivity index (χ3v) is 1.94. The summed E-state index contributed by atoms with van der Waals surface area (Å²) in [6.07, 6.45) is 2.64.